The molecule has 0 aliphatic heterocycles. The van der Waals surface area contributed by atoms with Gasteiger partial charge in [-0.25, -0.2) is 4.98 Å². The zero-order valence-corrected chi connectivity index (χ0v) is 14.6. The molecular formula is C18H17BrN4. The van der Waals surface area contributed by atoms with Crippen molar-refractivity contribution in [2.24, 2.45) is 0 Å². The average molecular weight is 369 g/mol. The quantitative estimate of drug-likeness (QED) is 0.652. The van der Waals surface area contributed by atoms with Gasteiger partial charge in [0.2, 0.25) is 5.95 Å². The lowest BCUT2D eigenvalue weighted by Gasteiger charge is -2.11. The highest BCUT2D eigenvalue weighted by Crippen LogP contribution is 2.25. The number of nitrogens with zero attached hydrogens (tertiary/aromatic N) is 2. The zero-order chi connectivity index (χ0) is 16.2. The van der Waals surface area contributed by atoms with Crippen LogP contribution in [0, 0.1) is 13.8 Å². The van der Waals surface area contributed by atoms with E-state index in [0.29, 0.717) is 5.95 Å². The molecule has 0 fully saturated rings. The molecule has 0 aliphatic rings. The Morgan fingerprint density at radius 3 is 2.57 bits per heavy atom. The minimum absolute atomic E-state index is 0.548. The second-order valence-electron chi connectivity index (χ2n) is 5.31. The van der Waals surface area contributed by atoms with Crippen LogP contribution in [0.15, 0.2) is 59.2 Å². The van der Waals surface area contributed by atoms with E-state index in [-0.39, 0.29) is 0 Å². The van der Waals surface area contributed by atoms with Gasteiger partial charge in [-0.05, 0) is 65.2 Å². The summed E-state index contributed by atoms with van der Waals surface area (Å²) in [6.45, 7) is 4.15. The second-order valence-corrected chi connectivity index (χ2v) is 6.17. The van der Waals surface area contributed by atoms with Gasteiger partial charge in [-0.2, -0.15) is 4.98 Å². The minimum atomic E-state index is 0.548. The van der Waals surface area contributed by atoms with Crippen LogP contribution in [0.4, 0.5) is 23.1 Å². The summed E-state index contributed by atoms with van der Waals surface area (Å²) < 4.78 is 0.969. The third-order valence-corrected chi connectivity index (χ3v) is 4.12. The molecule has 0 saturated heterocycles. The summed E-state index contributed by atoms with van der Waals surface area (Å²) in [4.78, 5) is 8.80. The van der Waals surface area contributed by atoms with Crippen LogP contribution >= 0.6 is 15.9 Å². The summed E-state index contributed by atoms with van der Waals surface area (Å²) in [6.07, 6.45) is 1.74. The van der Waals surface area contributed by atoms with Crippen LogP contribution in [0.5, 0.6) is 0 Å². The van der Waals surface area contributed by atoms with Crippen molar-refractivity contribution < 1.29 is 0 Å². The maximum Gasteiger partial charge on any atom is 0.229 e. The summed E-state index contributed by atoms with van der Waals surface area (Å²) in [5.74, 6) is 1.30. The lowest BCUT2D eigenvalue weighted by Crippen LogP contribution is -2.01. The van der Waals surface area contributed by atoms with Crippen LogP contribution in [0.1, 0.15) is 11.1 Å². The van der Waals surface area contributed by atoms with E-state index in [0.717, 1.165) is 21.7 Å². The van der Waals surface area contributed by atoms with E-state index in [9.17, 15) is 0 Å². The fourth-order valence-corrected chi connectivity index (χ4v) is 2.56. The van der Waals surface area contributed by atoms with Gasteiger partial charge in [0.15, 0.2) is 0 Å². The van der Waals surface area contributed by atoms with Crippen molar-refractivity contribution in [3.8, 4) is 0 Å². The summed E-state index contributed by atoms with van der Waals surface area (Å²) in [7, 11) is 0. The maximum atomic E-state index is 4.52. The lowest BCUT2D eigenvalue weighted by molar-refractivity contribution is 1.16. The molecule has 23 heavy (non-hydrogen) atoms. The molecule has 116 valence electrons. The molecule has 0 amide bonds. The van der Waals surface area contributed by atoms with Gasteiger partial charge >= 0.3 is 0 Å². The molecule has 2 N–H and O–H groups in total. The first-order valence-corrected chi connectivity index (χ1v) is 8.10. The van der Waals surface area contributed by atoms with Crippen molar-refractivity contribution in [3.05, 3.63) is 70.3 Å². The summed E-state index contributed by atoms with van der Waals surface area (Å²) in [5.41, 5.74) is 4.36. The number of benzene rings is 2. The Bertz CT molecular complexity index is 833. The summed E-state index contributed by atoms with van der Waals surface area (Å²) in [6, 6.07) is 16.0. The maximum absolute atomic E-state index is 4.52. The molecule has 0 spiro atoms. The first-order valence-electron chi connectivity index (χ1n) is 7.31. The van der Waals surface area contributed by atoms with Crippen LogP contribution in [-0.2, 0) is 0 Å². The number of hydrogen-bond donors (Lipinski definition) is 2. The largest absolute Gasteiger partial charge is 0.340 e. The smallest absolute Gasteiger partial charge is 0.229 e. The Balaban J connectivity index is 1.83. The Kier molecular flexibility index (Phi) is 4.57. The molecule has 0 bridgehead atoms. The van der Waals surface area contributed by atoms with E-state index < -0.39 is 0 Å². The number of aromatic nitrogens is 2. The molecule has 0 saturated carbocycles. The molecular weight excluding hydrogens is 352 g/mol. The highest BCUT2D eigenvalue weighted by atomic mass is 79.9. The van der Waals surface area contributed by atoms with Crippen LogP contribution < -0.4 is 10.6 Å². The number of hydrogen-bond acceptors (Lipinski definition) is 4. The Labute approximate surface area is 144 Å². The van der Waals surface area contributed by atoms with Gasteiger partial charge in [0.05, 0.1) is 5.69 Å². The van der Waals surface area contributed by atoms with Gasteiger partial charge in [-0.3, -0.25) is 0 Å². The van der Waals surface area contributed by atoms with E-state index in [4.69, 9.17) is 0 Å². The van der Waals surface area contributed by atoms with Crippen molar-refractivity contribution in [2.75, 3.05) is 10.6 Å². The van der Waals surface area contributed by atoms with Crippen molar-refractivity contribution in [3.63, 3.8) is 0 Å². The summed E-state index contributed by atoms with van der Waals surface area (Å²) in [5, 5.41) is 6.57. The van der Waals surface area contributed by atoms with E-state index >= 15 is 0 Å². The van der Waals surface area contributed by atoms with Crippen LogP contribution in [-0.4, -0.2) is 9.97 Å². The molecule has 0 radical (unpaired) electrons. The van der Waals surface area contributed by atoms with Crippen LogP contribution in [0.25, 0.3) is 0 Å². The fraction of sp³-hybridized carbons (Fsp3) is 0.111. The average Bonchev–Trinajstić information content (AvgIpc) is 2.54. The zero-order valence-electron chi connectivity index (χ0n) is 13.0. The molecule has 0 unspecified atom stereocenters. The number of aryl methyl sites for hydroxylation is 2. The topological polar surface area (TPSA) is 49.8 Å². The molecule has 3 rings (SSSR count). The number of rotatable bonds is 4. The molecule has 0 atom stereocenters. The third kappa shape index (κ3) is 3.87. The fourth-order valence-electron chi connectivity index (χ4n) is 2.18. The van der Waals surface area contributed by atoms with Gasteiger partial charge in [-0.1, -0.05) is 24.3 Å². The van der Waals surface area contributed by atoms with Gasteiger partial charge in [0, 0.05) is 16.4 Å². The first-order chi connectivity index (χ1) is 11.1. The van der Waals surface area contributed by atoms with E-state index in [2.05, 4.69) is 68.6 Å². The Morgan fingerprint density at radius 1 is 0.913 bits per heavy atom. The standard InChI is InChI=1S/C18H17BrN4/c1-12-7-8-13(2)16(11-12)21-17-9-10-20-18(23-17)22-15-6-4-3-5-14(15)19/h3-11H,1-2H3,(H2,20,21,22,23). The van der Waals surface area contributed by atoms with Crippen LogP contribution in [0.3, 0.4) is 0 Å². The molecule has 5 heteroatoms. The predicted octanol–water partition coefficient (Wildman–Crippen LogP) is 5.34. The SMILES string of the molecule is Cc1ccc(C)c(Nc2ccnc(Nc3ccccc3Br)n2)c1. The van der Waals surface area contributed by atoms with Crippen LogP contribution in [0.2, 0.25) is 0 Å². The Morgan fingerprint density at radius 2 is 1.74 bits per heavy atom. The van der Waals surface area contributed by atoms with Gasteiger partial charge in [0.25, 0.3) is 0 Å². The van der Waals surface area contributed by atoms with Gasteiger partial charge in [0.1, 0.15) is 5.82 Å². The van der Waals surface area contributed by atoms with Gasteiger partial charge < -0.3 is 10.6 Å². The second kappa shape index (κ2) is 6.79. The third-order valence-electron chi connectivity index (χ3n) is 3.43. The monoisotopic (exact) mass is 368 g/mol. The van der Waals surface area contributed by atoms with E-state index in [1.165, 1.54) is 11.1 Å². The Hall–Kier alpha value is -2.40. The number of nitrogens with one attached hydrogen (secondary N) is 2. The number of para-hydroxylation sites is 1. The molecule has 4 nitrogen and oxygen atoms in total. The molecule has 3 aromatic rings. The van der Waals surface area contributed by atoms with E-state index in [1.54, 1.807) is 6.20 Å². The first kappa shape index (κ1) is 15.5. The molecule has 2 aromatic carbocycles. The highest BCUT2D eigenvalue weighted by molar-refractivity contribution is 9.10. The van der Waals surface area contributed by atoms with Crippen molar-refractivity contribution in [2.45, 2.75) is 13.8 Å². The van der Waals surface area contributed by atoms with Gasteiger partial charge in [-0.15, -0.1) is 0 Å². The van der Waals surface area contributed by atoms with E-state index in [1.807, 2.05) is 30.3 Å². The number of anilines is 4. The number of halogens is 1. The normalized spacial score (nSPS) is 10.4. The lowest BCUT2D eigenvalue weighted by atomic mass is 10.1. The van der Waals surface area contributed by atoms with Crippen molar-refractivity contribution in [1.29, 1.82) is 0 Å². The predicted molar refractivity (Wildman–Crippen MR) is 98.7 cm³/mol. The minimum Gasteiger partial charge on any atom is -0.340 e. The highest BCUT2D eigenvalue weighted by Gasteiger charge is 2.04. The van der Waals surface area contributed by atoms with Crippen molar-refractivity contribution >= 4 is 39.1 Å². The molecule has 1 heterocycles. The summed E-state index contributed by atoms with van der Waals surface area (Å²) >= 11 is 3.51. The molecule has 1 aromatic heterocycles. The molecule has 0 aliphatic carbocycles. The van der Waals surface area contributed by atoms with Crippen molar-refractivity contribution in [1.82, 2.24) is 9.97 Å².